The highest BCUT2D eigenvalue weighted by molar-refractivity contribution is 8.00. The average molecular weight is 274 g/mol. The maximum Gasteiger partial charge on any atom is 0.230 e. The van der Waals surface area contributed by atoms with E-state index < -0.39 is 0 Å². The van der Waals surface area contributed by atoms with Crippen LogP contribution in [0.25, 0.3) is 0 Å². The molecule has 0 aliphatic rings. The van der Waals surface area contributed by atoms with Gasteiger partial charge in [0.1, 0.15) is 0 Å². The Morgan fingerprint density at radius 3 is 2.88 bits per heavy atom. The highest BCUT2D eigenvalue weighted by Crippen LogP contribution is 2.24. The Kier molecular flexibility index (Phi) is 6.40. The van der Waals surface area contributed by atoms with Crippen LogP contribution in [0.4, 0.5) is 0 Å². The molecule has 0 saturated carbocycles. The maximum atomic E-state index is 11.4. The quantitative estimate of drug-likeness (QED) is 0.783. The van der Waals surface area contributed by atoms with Crippen molar-refractivity contribution in [3.63, 3.8) is 0 Å². The van der Waals surface area contributed by atoms with Gasteiger partial charge in [0, 0.05) is 16.5 Å². The second-order valence-electron chi connectivity index (χ2n) is 3.55. The molecule has 0 aromatic heterocycles. The standard InChI is InChI=1S/C12H16ClNO2S/c1-2-5-14-12(16)8-17-10-4-3-9(7-15)11(13)6-10/h3-4,6,15H,2,5,7-8H2,1H3,(H,14,16). The smallest absolute Gasteiger partial charge is 0.230 e. The van der Waals surface area contributed by atoms with Gasteiger partial charge >= 0.3 is 0 Å². The van der Waals surface area contributed by atoms with Crippen LogP contribution in [0.5, 0.6) is 0 Å². The monoisotopic (exact) mass is 273 g/mol. The molecule has 0 heterocycles. The van der Waals surface area contributed by atoms with E-state index in [9.17, 15) is 4.79 Å². The van der Waals surface area contributed by atoms with Crippen molar-refractivity contribution < 1.29 is 9.90 Å². The molecule has 2 N–H and O–H groups in total. The van der Waals surface area contributed by atoms with Crippen molar-refractivity contribution in [2.75, 3.05) is 12.3 Å². The van der Waals surface area contributed by atoms with E-state index >= 15 is 0 Å². The molecule has 0 aliphatic heterocycles. The zero-order valence-electron chi connectivity index (χ0n) is 9.70. The zero-order valence-corrected chi connectivity index (χ0v) is 11.3. The first-order valence-electron chi connectivity index (χ1n) is 5.46. The molecule has 0 radical (unpaired) electrons. The molecule has 0 atom stereocenters. The number of aliphatic hydroxyl groups is 1. The molecule has 0 unspecified atom stereocenters. The Labute approximate surface area is 111 Å². The number of aliphatic hydroxyl groups excluding tert-OH is 1. The van der Waals surface area contributed by atoms with Gasteiger partial charge in [0.25, 0.3) is 0 Å². The Balaban J connectivity index is 2.47. The minimum absolute atomic E-state index is 0.0270. The lowest BCUT2D eigenvalue weighted by Gasteiger charge is -2.05. The first-order valence-corrected chi connectivity index (χ1v) is 6.82. The molecule has 1 aromatic carbocycles. The van der Waals surface area contributed by atoms with Crippen LogP contribution in [0.3, 0.4) is 0 Å². The van der Waals surface area contributed by atoms with Crippen LogP contribution >= 0.6 is 23.4 Å². The Morgan fingerprint density at radius 1 is 1.53 bits per heavy atom. The normalized spacial score (nSPS) is 10.3. The van der Waals surface area contributed by atoms with E-state index in [2.05, 4.69) is 5.32 Å². The highest BCUT2D eigenvalue weighted by Gasteiger charge is 2.04. The van der Waals surface area contributed by atoms with Gasteiger partial charge in [-0.05, 0) is 24.1 Å². The summed E-state index contributed by atoms with van der Waals surface area (Å²) in [7, 11) is 0. The number of nitrogens with one attached hydrogen (secondary N) is 1. The number of benzene rings is 1. The average Bonchev–Trinajstić information content (AvgIpc) is 2.34. The van der Waals surface area contributed by atoms with Crippen molar-refractivity contribution in [1.29, 1.82) is 0 Å². The Hall–Kier alpha value is -0.710. The fraction of sp³-hybridized carbons (Fsp3) is 0.417. The molecule has 94 valence electrons. The van der Waals surface area contributed by atoms with Gasteiger partial charge in [-0.3, -0.25) is 4.79 Å². The fourth-order valence-corrected chi connectivity index (χ4v) is 2.28. The lowest BCUT2D eigenvalue weighted by Crippen LogP contribution is -2.25. The number of hydrogen-bond acceptors (Lipinski definition) is 3. The van der Waals surface area contributed by atoms with Gasteiger partial charge in [-0.2, -0.15) is 0 Å². The van der Waals surface area contributed by atoms with Crippen molar-refractivity contribution in [2.24, 2.45) is 0 Å². The van der Waals surface area contributed by atoms with E-state index in [0.29, 0.717) is 22.9 Å². The van der Waals surface area contributed by atoms with Gasteiger partial charge in [-0.25, -0.2) is 0 Å². The second kappa shape index (κ2) is 7.58. The molecule has 0 saturated heterocycles. The molecule has 0 fully saturated rings. The summed E-state index contributed by atoms with van der Waals surface area (Å²) >= 11 is 7.39. The molecule has 1 rings (SSSR count). The van der Waals surface area contributed by atoms with Crippen LogP contribution in [-0.4, -0.2) is 23.3 Å². The third kappa shape index (κ3) is 4.98. The third-order valence-electron chi connectivity index (χ3n) is 2.14. The summed E-state index contributed by atoms with van der Waals surface area (Å²) in [4.78, 5) is 12.3. The van der Waals surface area contributed by atoms with Gasteiger partial charge in [0.05, 0.1) is 12.4 Å². The predicted octanol–water partition coefficient (Wildman–Crippen LogP) is 2.45. The summed E-state index contributed by atoms with van der Waals surface area (Å²) in [6, 6.07) is 5.40. The molecule has 1 amide bonds. The number of amides is 1. The van der Waals surface area contributed by atoms with E-state index in [1.165, 1.54) is 11.8 Å². The van der Waals surface area contributed by atoms with E-state index in [1.807, 2.05) is 13.0 Å². The molecule has 3 nitrogen and oxygen atoms in total. The SMILES string of the molecule is CCCNC(=O)CSc1ccc(CO)c(Cl)c1. The van der Waals surface area contributed by atoms with Crippen molar-refractivity contribution in [1.82, 2.24) is 5.32 Å². The van der Waals surface area contributed by atoms with Gasteiger partial charge in [-0.1, -0.05) is 24.6 Å². The lowest BCUT2D eigenvalue weighted by atomic mass is 10.2. The lowest BCUT2D eigenvalue weighted by molar-refractivity contribution is -0.118. The number of carbonyl (C=O) groups excluding carboxylic acids is 1. The molecule has 1 aromatic rings. The summed E-state index contributed by atoms with van der Waals surface area (Å²) < 4.78 is 0. The van der Waals surface area contributed by atoms with Crippen LogP contribution in [0, 0.1) is 0 Å². The van der Waals surface area contributed by atoms with Crippen LogP contribution in [0.15, 0.2) is 23.1 Å². The largest absolute Gasteiger partial charge is 0.392 e. The molecular formula is C12H16ClNO2S. The van der Waals surface area contributed by atoms with E-state index in [0.717, 1.165) is 11.3 Å². The molecule has 0 aliphatic carbocycles. The van der Waals surface area contributed by atoms with Crippen LogP contribution in [0.2, 0.25) is 5.02 Å². The number of thioether (sulfide) groups is 1. The second-order valence-corrected chi connectivity index (χ2v) is 5.01. The summed E-state index contributed by atoms with van der Waals surface area (Å²) in [5, 5.41) is 12.3. The van der Waals surface area contributed by atoms with Crippen LogP contribution in [-0.2, 0) is 11.4 Å². The van der Waals surface area contributed by atoms with Crippen molar-refractivity contribution in [3.8, 4) is 0 Å². The van der Waals surface area contributed by atoms with Crippen LogP contribution < -0.4 is 5.32 Å². The molecule has 0 bridgehead atoms. The fourth-order valence-electron chi connectivity index (χ4n) is 1.21. The summed E-state index contributed by atoms with van der Waals surface area (Å²) in [6.45, 7) is 2.66. The maximum absolute atomic E-state index is 11.4. The van der Waals surface area contributed by atoms with Gasteiger partial charge in [-0.15, -0.1) is 11.8 Å². The van der Waals surface area contributed by atoms with Gasteiger partial charge < -0.3 is 10.4 Å². The molecule has 5 heteroatoms. The van der Waals surface area contributed by atoms with E-state index in [4.69, 9.17) is 16.7 Å². The van der Waals surface area contributed by atoms with Crippen molar-refractivity contribution >= 4 is 29.3 Å². The highest BCUT2D eigenvalue weighted by atomic mass is 35.5. The first-order chi connectivity index (χ1) is 8.17. The van der Waals surface area contributed by atoms with E-state index in [1.54, 1.807) is 12.1 Å². The first kappa shape index (κ1) is 14.4. The predicted molar refractivity (Wildman–Crippen MR) is 71.4 cm³/mol. The number of rotatable bonds is 6. The molecule has 17 heavy (non-hydrogen) atoms. The summed E-state index contributed by atoms with van der Waals surface area (Å²) in [5.74, 6) is 0.411. The minimum atomic E-state index is -0.0687. The number of hydrogen-bond donors (Lipinski definition) is 2. The zero-order chi connectivity index (χ0) is 12.7. The topological polar surface area (TPSA) is 49.3 Å². The Bertz CT molecular complexity index is 385. The number of carbonyl (C=O) groups is 1. The summed E-state index contributed by atoms with van der Waals surface area (Å²) in [5.41, 5.74) is 0.700. The van der Waals surface area contributed by atoms with Crippen molar-refractivity contribution in [3.05, 3.63) is 28.8 Å². The van der Waals surface area contributed by atoms with Gasteiger partial charge in [0.2, 0.25) is 5.91 Å². The van der Waals surface area contributed by atoms with Crippen molar-refractivity contribution in [2.45, 2.75) is 24.8 Å². The van der Waals surface area contributed by atoms with E-state index in [-0.39, 0.29) is 12.5 Å². The third-order valence-corrected chi connectivity index (χ3v) is 3.48. The number of halogens is 1. The summed E-state index contributed by atoms with van der Waals surface area (Å²) in [6.07, 6.45) is 0.938. The minimum Gasteiger partial charge on any atom is -0.392 e. The molecule has 0 spiro atoms. The van der Waals surface area contributed by atoms with Crippen LogP contribution in [0.1, 0.15) is 18.9 Å². The Morgan fingerprint density at radius 2 is 2.29 bits per heavy atom. The van der Waals surface area contributed by atoms with Gasteiger partial charge in [0.15, 0.2) is 0 Å². The molecular weight excluding hydrogens is 258 g/mol.